The van der Waals surface area contributed by atoms with Crippen LogP contribution in [0.4, 0.5) is 8.78 Å². The van der Waals surface area contributed by atoms with Gasteiger partial charge in [-0.25, -0.2) is 8.78 Å². The van der Waals surface area contributed by atoms with Crippen molar-refractivity contribution in [3.8, 4) is 5.75 Å². The van der Waals surface area contributed by atoms with E-state index in [2.05, 4.69) is 10.2 Å². The Hall–Kier alpha value is -1.73. The molecular formula is C19H26F2N2O3. The predicted molar refractivity (Wildman–Crippen MR) is 92.8 cm³/mol. The van der Waals surface area contributed by atoms with Gasteiger partial charge < -0.3 is 15.2 Å². The molecule has 3 atom stereocenters. The molecule has 1 aliphatic heterocycles. The Balaban J connectivity index is 1.45. The van der Waals surface area contributed by atoms with E-state index in [-0.39, 0.29) is 29.8 Å². The second-order valence-electron chi connectivity index (χ2n) is 7.22. The highest BCUT2D eigenvalue weighted by Crippen LogP contribution is 2.26. The molecule has 1 heterocycles. The molecule has 1 saturated carbocycles. The summed E-state index contributed by atoms with van der Waals surface area (Å²) in [6, 6.07) is 3.52. The molecule has 2 fully saturated rings. The van der Waals surface area contributed by atoms with Crippen molar-refractivity contribution >= 4 is 5.91 Å². The Bertz CT molecular complexity index is 635. The quantitative estimate of drug-likeness (QED) is 0.837. The van der Waals surface area contributed by atoms with Crippen LogP contribution in [-0.4, -0.2) is 53.3 Å². The van der Waals surface area contributed by atoms with Crippen LogP contribution < -0.4 is 10.1 Å². The Kier molecular flexibility index (Phi) is 6.09. The molecule has 1 aromatic carbocycles. The molecule has 26 heavy (non-hydrogen) atoms. The molecule has 1 aliphatic carbocycles. The first-order chi connectivity index (χ1) is 12.4. The maximum Gasteiger partial charge on any atom is 0.260 e. The van der Waals surface area contributed by atoms with Crippen molar-refractivity contribution in [2.24, 2.45) is 0 Å². The number of carbonyl (C=O) groups excluding carboxylic acids is 1. The van der Waals surface area contributed by atoms with E-state index in [9.17, 15) is 18.7 Å². The Labute approximate surface area is 152 Å². The third-order valence-corrected chi connectivity index (χ3v) is 5.36. The van der Waals surface area contributed by atoms with E-state index < -0.39 is 17.7 Å². The average Bonchev–Trinajstić information content (AvgIpc) is 3.05. The Morgan fingerprint density at radius 2 is 1.96 bits per heavy atom. The predicted octanol–water partition coefficient (Wildman–Crippen LogP) is 2.23. The highest BCUT2D eigenvalue weighted by atomic mass is 19.2. The third kappa shape index (κ3) is 4.51. The van der Waals surface area contributed by atoms with Gasteiger partial charge in [0.2, 0.25) is 0 Å². The fourth-order valence-electron chi connectivity index (χ4n) is 3.85. The molecule has 0 spiro atoms. The van der Waals surface area contributed by atoms with E-state index in [1.54, 1.807) is 6.92 Å². The first kappa shape index (κ1) is 19.0. The number of hydrogen-bond donors (Lipinski definition) is 2. The average molecular weight is 368 g/mol. The van der Waals surface area contributed by atoms with Crippen LogP contribution in [0.15, 0.2) is 18.2 Å². The molecule has 2 N–H and O–H groups in total. The first-order valence-corrected chi connectivity index (χ1v) is 9.28. The van der Waals surface area contributed by atoms with Crippen LogP contribution in [-0.2, 0) is 4.79 Å². The fraction of sp³-hybridized carbons (Fsp3) is 0.632. The minimum atomic E-state index is -1.00. The molecule has 144 valence electrons. The number of ether oxygens (including phenoxy) is 1. The molecule has 5 nitrogen and oxygen atoms in total. The molecule has 0 bridgehead atoms. The van der Waals surface area contributed by atoms with Gasteiger partial charge in [0.1, 0.15) is 5.75 Å². The van der Waals surface area contributed by atoms with Gasteiger partial charge >= 0.3 is 0 Å². The zero-order chi connectivity index (χ0) is 18.7. The lowest BCUT2D eigenvalue weighted by molar-refractivity contribution is -0.128. The van der Waals surface area contributed by atoms with Crippen molar-refractivity contribution in [3.63, 3.8) is 0 Å². The van der Waals surface area contributed by atoms with Gasteiger partial charge in [0.05, 0.1) is 6.10 Å². The zero-order valence-electron chi connectivity index (χ0n) is 15.0. The standard InChI is InChI=1S/C19H26F2N2O3/c1-12(26-14-5-6-15(20)16(21)11-14)19(25)22-13-7-9-23(10-8-13)17-3-2-4-18(17)24/h5-6,11-13,17-18,24H,2-4,7-10H2,1H3,(H,22,25)/t12-,17+,18+/m0/s1. The van der Waals surface area contributed by atoms with E-state index >= 15 is 0 Å². The monoisotopic (exact) mass is 368 g/mol. The van der Waals surface area contributed by atoms with Gasteiger partial charge in [-0.1, -0.05) is 0 Å². The summed E-state index contributed by atoms with van der Waals surface area (Å²) >= 11 is 0. The Morgan fingerprint density at radius 1 is 1.23 bits per heavy atom. The SMILES string of the molecule is C[C@H](Oc1ccc(F)c(F)c1)C(=O)NC1CCN([C@@H]2CCC[C@H]2O)CC1. The topological polar surface area (TPSA) is 61.8 Å². The van der Waals surface area contributed by atoms with Crippen LogP contribution in [0, 0.1) is 11.6 Å². The number of piperidine rings is 1. The Morgan fingerprint density at radius 3 is 2.58 bits per heavy atom. The van der Waals surface area contributed by atoms with Crippen LogP contribution in [0.25, 0.3) is 0 Å². The number of nitrogens with zero attached hydrogens (tertiary/aromatic N) is 1. The van der Waals surface area contributed by atoms with Crippen molar-refractivity contribution in [2.75, 3.05) is 13.1 Å². The number of halogens is 2. The van der Waals surface area contributed by atoms with Crippen molar-refractivity contribution in [1.29, 1.82) is 0 Å². The number of nitrogens with one attached hydrogen (secondary N) is 1. The molecule has 1 saturated heterocycles. The highest BCUT2D eigenvalue weighted by Gasteiger charge is 2.33. The second kappa shape index (κ2) is 8.31. The number of likely N-dealkylation sites (tertiary alicyclic amines) is 1. The number of rotatable bonds is 5. The summed E-state index contributed by atoms with van der Waals surface area (Å²) in [7, 11) is 0. The van der Waals surface area contributed by atoms with Gasteiger partial charge in [-0.15, -0.1) is 0 Å². The van der Waals surface area contributed by atoms with Crippen LogP contribution in [0.3, 0.4) is 0 Å². The van der Waals surface area contributed by atoms with E-state index in [1.165, 1.54) is 6.07 Å². The van der Waals surface area contributed by atoms with E-state index in [0.29, 0.717) is 0 Å². The second-order valence-corrected chi connectivity index (χ2v) is 7.22. The van der Waals surface area contributed by atoms with Crippen molar-refractivity contribution < 1.29 is 23.4 Å². The number of benzene rings is 1. The minimum Gasteiger partial charge on any atom is -0.481 e. The first-order valence-electron chi connectivity index (χ1n) is 9.28. The van der Waals surface area contributed by atoms with Crippen molar-refractivity contribution in [1.82, 2.24) is 10.2 Å². The molecule has 3 rings (SSSR count). The molecule has 0 radical (unpaired) electrons. The maximum absolute atomic E-state index is 13.2. The number of amides is 1. The summed E-state index contributed by atoms with van der Waals surface area (Å²) in [4.78, 5) is 14.6. The summed E-state index contributed by atoms with van der Waals surface area (Å²) in [5.74, 6) is -2.10. The maximum atomic E-state index is 13.2. The van der Waals surface area contributed by atoms with Gasteiger partial charge in [0.15, 0.2) is 17.7 Å². The number of hydrogen-bond acceptors (Lipinski definition) is 4. The number of aliphatic hydroxyl groups excluding tert-OH is 1. The summed E-state index contributed by atoms with van der Waals surface area (Å²) in [6.07, 6.45) is 3.61. The summed E-state index contributed by atoms with van der Waals surface area (Å²) < 4.78 is 31.6. The third-order valence-electron chi connectivity index (χ3n) is 5.36. The lowest BCUT2D eigenvalue weighted by atomic mass is 10.0. The summed E-state index contributed by atoms with van der Waals surface area (Å²) in [5.41, 5.74) is 0. The van der Waals surface area contributed by atoms with Gasteiger partial charge in [0, 0.05) is 31.2 Å². The van der Waals surface area contributed by atoms with Crippen molar-refractivity contribution in [3.05, 3.63) is 29.8 Å². The molecule has 1 amide bonds. The van der Waals surface area contributed by atoms with E-state index in [1.807, 2.05) is 0 Å². The van der Waals surface area contributed by atoms with Crippen molar-refractivity contribution in [2.45, 2.75) is 63.3 Å². The summed E-state index contributed by atoms with van der Waals surface area (Å²) in [6.45, 7) is 3.29. The zero-order valence-corrected chi connectivity index (χ0v) is 15.0. The normalized spacial score (nSPS) is 25.8. The van der Waals surface area contributed by atoms with Gasteiger partial charge in [-0.3, -0.25) is 9.69 Å². The van der Waals surface area contributed by atoms with Gasteiger partial charge in [-0.05, 0) is 51.2 Å². The molecule has 0 aromatic heterocycles. The van der Waals surface area contributed by atoms with Gasteiger partial charge in [-0.2, -0.15) is 0 Å². The minimum absolute atomic E-state index is 0.0632. The van der Waals surface area contributed by atoms with Crippen LogP contribution in [0.5, 0.6) is 5.75 Å². The molecule has 1 aromatic rings. The fourth-order valence-corrected chi connectivity index (χ4v) is 3.85. The highest BCUT2D eigenvalue weighted by molar-refractivity contribution is 5.81. The van der Waals surface area contributed by atoms with E-state index in [0.717, 1.165) is 57.3 Å². The molecule has 2 aliphatic rings. The number of carbonyl (C=O) groups is 1. The lowest BCUT2D eigenvalue weighted by Crippen LogP contribution is -2.51. The summed E-state index contributed by atoms with van der Waals surface area (Å²) in [5, 5.41) is 13.0. The largest absolute Gasteiger partial charge is 0.481 e. The van der Waals surface area contributed by atoms with Crippen LogP contribution in [0.1, 0.15) is 39.0 Å². The molecular weight excluding hydrogens is 342 g/mol. The van der Waals surface area contributed by atoms with Crippen LogP contribution >= 0.6 is 0 Å². The smallest absolute Gasteiger partial charge is 0.260 e. The molecule has 0 unspecified atom stereocenters. The van der Waals surface area contributed by atoms with Gasteiger partial charge in [0.25, 0.3) is 5.91 Å². The van der Waals surface area contributed by atoms with Crippen LogP contribution in [0.2, 0.25) is 0 Å². The lowest BCUT2D eigenvalue weighted by Gasteiger charge is -2.37. The number of aliphatic hydroxyl groups is 1. The van der Waals surface area contributed by atoms with E-state index in [4.69, 9.17) is 4.74 Å². The molecule has 7 heteroatoms.